The van der Waals surface area contributed by atoms with Crippen molar-refractivity contribution in [2.45, 2.75) is 46.8 Å². The van der Waals surface area contributed by atoms with Gasteiger partial charge in [-0.25, -0.2) is 4.98 Å². The Morgan fingerprint density at radius 3 is 2.59 bits per heavy atom. The molecule has 0 saturated heterocycles. The van der Waals surface area contributed by atoms with Crippen molar-refractivity contribution in [3.8, 4) is 5.75 Å². The first-order valence-corrected chi connectivity index (χ1v) is 9.85. The summed E-state index contributed by atoms with van der Waals surface area (Å²) < 4.78 is 32.3. The van der Waals surface area contributed by atoms with Gasteiger partial charge in [-0.05, 0) is 41.9 Å². The Hall–Kier alpha value is -2.76. The molecule has 0 radical (unpaired) electrons. The molecule has 29 heavy (non-hydrogen) atoms. The van der Waals surface area contributed by atoms with Gasteiger partial charge in [0.05, 0.1) is 18.0 Å². The van der Waals surface area contributed by atoms with Crippen LogP contribution < -0.4 is 4.74 Å². The number of alkyl halides is 2. The van der Waals surface area contributed by atoms with Gasteiger partial charge in [0.25, 0.3) is 0 Å². The summed E-state index contributed by atoms with van der Waals surface area (Å²) in [5.41, 5.74) is 4.38. The number of pyridine rings is 1. The van der Waals surface area contributed by atoms with Crippen LogP contribution in [0.4, 0.5) is 8.78 Å². The highest BCUT2D eigenvalue weighted by Gasteiger charge is 2.35. The quantitative estimate of drug-likeness (QED) is 0.580. The van der Waals surface area contributed by atoms with Crippen LogP contribution in [0.5, 0.6) is 5.75 Å². The number of hydrogen-bond acceptors (Lipinski definition) is 3. The first-order chi connectivity index (χ1) is 13.8. The Morgan fingerprint density at radius 2 is 1.90 bits per heavy atom. The zero-order chi connectivity index (χ0) is 20.6. The summed E-state index contributed by atoms with van der Waals surface area (Å²) in [5.74, 6) is 0.468. The van der Waals surface area contributed by atoms with Crippen molar-refractivity contribution >= 4 is 11.4 Å². The molecule has 3 aromatic rings. The average Bonchev–Trinajstić information content (AvgIpc) is 3.06. The molecule has 1 unspecified atom stereocenters. The smallest absolute Gasteiger partial charge is 0.387 e. The van der Waals surface area contributed by atoms with E-state index in [0.29, 0.717) is 18.1 Å². The molecule has 0 N–H and O–H groups in total. The van der Waals surface area contributed by atoms with E-state index in [-0.39, 0.29) is 11.2 Å². The van der Waals surface area contributed by atoms with E-state index < -0.39 is 6.61 Å². The largest absolute Gasteiger partial charge is 0.431 e. The molecule has 0 amide bonds. The van der Waals surface area contributed by atoms with Crippen LogP contribution >= 0.6 is 0 Å². The molecule has 1 aliphatic carbocycles. The Morgan fingerprint density at radius 1 is 1.14 bits per heavy atom. The summed E-state index contributed by atoms with van der Waals surface area (Å²) in [7, 11) is 0. The SMILES string of the molecule is CC(C)(C)C1C/C(=N\Cc2ccccc2)c2nc3c(OC(F)F)cccn3c2C1. The molecule has 0 spiro atoms. The Labute approximate surface area is 169 Å². The number of aliphatic imine (C=N–C) groups is 1. The minimum Gasteiger partial charge on any atom is -0.431 e. The van der Waals surface area contributed by atoms with Gasteiger partial charge in [0.15, 0.2) is 11.4 Å². The van der Waals surface area contributed by atoms with Crippen molar-refractivity contribution in [1.29, 1.82) is 0 Å². The maximum Gasteiger partial charge on any atom is 0.387 e. The first kappa shape index (κ1) is 19.6. The van der Waals surface area contributed by atoms with E-state index >= 15 is 0 Å². The van der Waals surface area contributed by atoms with Gasteiger partial charge in [-0.15, -0.1) is 0 Å². The molecule has 0 saturated carbocycles. The maximum absolute atomic E-state index is 12.9. The number of halogens is 2. The average molecular weight is 397 g/mol. The highest BCUT2D eigenvalue weighted by atomic mass is 19.3. The topological polar surface area (TPSA) is 38.9 Å². The molecule has 0 aliphatic heterocycles. The molecule has 0 bridgehead atoms. The second kappa shape index (κ2) is 7.58. The van der Waals surface area contributed by atoms with Gasteiger partial charge in [0.1, 0.15) is 5.69 Å². The lowest BCUT2D eigenvalue weighted by atomic mass is 9.72. The molecular formula is C23H25F2N3O. The molecule has 2 aromatic heterocycles. The predicted octanol–water partition coefficient (Wildman–Crippen LogP) is 5.53. The van der Waals surface area contributed by atoms with E-state index in [1.165, 1.54) is 6.07 Å². The van der Waals surface area contributed by atoms with E-state index in [1.54, 1.807) is 6.07 Å². The van der Waals surface area contributed by atoms with Crippen LogP contribution in [-0.2, 0) is 13.0 Å². The molecule has 1 atom stereocenters. The lowest BCUT2D eigenvalue weighted by Gasteiger charge is -2.34. The molecule has 1 aromatic carbocycles. The van der Waals surface area contributed by atoms with Gasteiger partial charge in [0.2, 0.25) is 0 Å². The zero-order valence-electron chi connectivity index (χ0n) is 16.9. The highest BCUT2D eigenvalue weighted by Crippen LogP contribution is 2.38. The molecule has 4 nitrogen and oxygen atoms in total. The van der Waals surface area contributed by atoms with Gasteiger partial charge in [-0.3, -0.25) is 4.99 Å². The number of aromatic nitrogens is 2. The molecular weight excluding hydrogens is 372 g/mol. The van der Waals surface area contributed by atoms with Gasteiger partial charge in [0, 0.05) is 6.20 Å². The van der Waals surface area contributed by atoms with Crippen molar-refractivity contribution < 1.29 is 13.5 Å². The van der Waals surface area contributed by atoms with Crippen LogP contribution in [0.15, 0.2) is 53.7 Å². The zero-order valence-corrected chi connectivity index (χ0v) is 16.9. The third kappa shape index (κ3) is 4.02. The fourth-order valence-electron chi connectivity index (χ4n) is 3.86. The second-order valence-electron chi connectivity index (χ2n) is 8.57. The van der Waals surface area contributed by atoms with Crippen molar-refractivity contribution in [3.05, 3.63) is 65.6 Å². The van der Waals surface area contributed by atoms with E-state index in [4.69, 9.17) is 14.7 Å². The fraction of sp³-hybridized carbons (Fsp3) is 0.391. The van der Waals surface area contributed by atoms with Crippen molar-refractivity contribution in [2.75, 3.05) is 0 Å². The van der Waals surface area contributed by atoms with E-state index in [1.807, 2.05) is 40.9 Å². The Bertz CT molecular complexity index is 1040. The fourth-order valence-corrected chi connectivity index (χ4v) is 3.86. The second-order valence-corrected chi connectivity index (χ2v) is 8.57. The molecule has 2 heterocycles. The molecule has 6 heteroatoms. The van der Waals surface area contributed by atoms with Gasteiger partial charge < -0.3 is 9.14 Å². The van der Waals surface area contributed by atoms with Crippen LogP contribution in [0.2, 0.25) is 0 Å². The number of nitrogens with zero attached hydrogens (tertiary/aromatic N) is 3. The minimum atomic E-state index is -2.89. The van der Waals surface area contributed by atoms with Gasteiger partial charge in [-0.1, -0.05) is 51.1 Å². The number of fused-ring (bicyclic) bond motifs is 3. The number of benzene rings is 1. The highest BCUT2D eigenvalue weighted by molar-refractivity contribution is 6.02. The van der Waals surface area contributed by atoms with Crippen LogP contribution in [0.1, 0.15) is 44.1 Å². The summed E-state index contributed by atoms with van der Waals surface area (Å²) >= 11 is 0. The Kier molecular flexibility index (Phi) is 5.11. The summed E-state index contributed by atoms with van der Waals surface area (Å²) in [6.45, 7) is 4.37. The van der Waals surface area contributed by atoms with E-state index in [9.17, 15) is 8.78 Å². The molecule has 0 fully saturated rings. The number of imidazole rings is 1. The molecule has 4 rings (SSSR count). The summed E-state index contributed by atoms with van der Waals surface area (Å²) in [4.78, 5) is 9.59. The van der Waals surface area contributed by atoms with Crippen LogP contribution in [0.25, 0.3) is 5.65 Å². The standard InChI is InChI=1S/C23H25F2N3O/c1-23(2,3)16-12-17(26-14-15-8-5-4-6-9-15)20-18(13-16)28-11-7-10-19(21(28)27-20)29-22(24)25/h4-11,16,22H,12-14H2,1-3H3/b26-17+. The predicted molar refractivity (Wildman–Crippen MR) is 110 cm³/mol. The van der Waals surface area contributed by atoms with Crippen LogP contribution in [0.3, 0.4) is 0 Å². The molecule has 1 aliphatic rings. The first-order valence-electron chi connectivity index (χ1n) is 9.85. The number of rotatable bonds is 4. The number of hydrogen-bond donors (Lipinski definition) is 0. The molecule has 152 valence electrons. The lowest BCUT2D eigenvalue weighted by Crippen LogP contribution is -2.31. The summed E-state index contributed by atoms with van der Waals surface area (Å²) in [5, 5.41) is 0. The van der Waals surface area contributed by atoms with Crippen molar-refractivity contribution in [3.63, 3.8) is 0 Å². The number of ether oxygens (including phenoxy) is 1. The van der Waals surface area contributed by atoms with Crippen molar-refractivity contribution in [1.82, 2.24) is 9.38 Å². The maximum atomic E-state index is 12.9. The van der Waals surface area contributed by atoms with Crippen LogP contribution in [0, 0.1) is 11.3 Å². The third-order valence-corrected chi connectivity index (χ3v) is 5.60. The lowest BCUT2D eigenvalue weighted by molar-refractivity contribution is -0.0491. The van der Waals surface area contributed by atoms with Gasteiger partial charge >= 0.3 is 6.61 Å². The van der Waals surface area contributed by atoms with E-state index in [0.717, 1.165) is 35.5 Å². The van der Waals surface area contributed by atoms with Gasteiger partial charge in [-0.2, -0.15) is 8.78 Å². The van der Waals surface area contributed by atoms with Crippen LogP contribution in [-0.4, -0.2) is 21.7 Å². The third-order valence-electron chi connectivity index (χ3n) is 5.60. The Balaban J connectivity index is 1.81. The monoisotopic (exact) mass is 397 g/mol. The normalized spacial score (nSPS) is 18.4. The summed E-state index contributed by atoms with van der Waals surface area (Å²) in [6, 6.07) is 13.3. The minimum absolute atomic E-state index is 0.0895. The summed E-state index contributed by atoms with van der Waals surface area (Å²) in [6.07, 6.45) is 3.50. The van der Waals surface area contributed by atoms with Crippen molar-refractivity contribution in [2.24, 2.45) is 16.3 Å². The van der Waals surface area contributed by atoms with E-state index in [2.05, 4.69) is 20.8 Å².